The summed E-state index contributed by atoms with van der Waals surface area (Å²) in [5.41, 5.74) is 2.97. The van der Waals surface area contributed by atoms with Crippen molar-refractivity contribution in [2.45, 2.75) is 64.7 Å². The molecule has 2 rings (SSSR count). The SMILES string of the molecule is CN(Cc1ccc(CNC(C)(C)C)cc1)C1CCC1. The first kappa shape index (κ1) is 14.5. The highest BCUT2D eigenvalue weighted by Gasteiger charge is 2.21. The molecule has 1 saturated carbocycles. The first-order chi connectivity index (χ1) is 8.94. The third-order valence-electron chi connectivity index (χ3n) is 3.98. The predicted molar refractivity (Wildman–Crippen MR) is 82.1 cm³/mol. The lowest BCUT2D eigenvalue weighted by atomic mass is 9.91. The van der Waals surface area contributed by atoms with Crippen LogP contribution in [0.1, 0.15) is 51.2 Å². The maximum atomic E-state index is 3.52. The molecule has 2 heteroatoms. The van der Waals surface area contributed by atoms with E-state index in [4.69, 9.17) is 0 Å². The quantitative estimate of drug-likeness (QED) is 0.871. The van der Waals surface area contributed by atoms with Gasteiger partial charge in [0.15, 0.2) is 0 Å². The van der Waals surface area contributed by atoms with Crippen LogP contribution in [0.25, 0.3) is 0 Å². The summed E-state index contributed by atoms with van der Waals surface area (Å²) in [7, 11) is 2.25. The summed E-state index contributed by atoms with van der Waals surface area (Å²) >= 11 is 0. The van der Waals surface area contributed by atoms with Crippen molar-refractivity contribution in [2.75, 3.05) is 7.05 Å². The van der Waals surface area contributed by atoms with Crippen molar-refractivity contribution in [1.29, 1.82) is 0 Å². The number of hydrogen-bond donors (Lipinski definition) is 1. The van der Waals surface area contributed by atoms with Gasteiger partial charge < -0.3 is 5.32 Å². The Morgan fingerprint density at radius 1 is 1.11 bits per heavy atom. The van der Waals surface area contributed by atoms with Gasteiger partial charge in [-0.05, 0) is 51.8 Å². The summed E-state index contributed by atoms with van der Waals surface area (Å²) in [6.45, 7) is 8.64. The lowest BCUT2D eigenvalue weighted by Crippen LogP contribution is -2.36. The van der Waals surface area contributed by atoms with Gasteiger partial charge in [0.25, 0.3) is 0 Å². The summed E-state index contributed by atoms with van der Waals surface area (Å²) in [5, 5.41) is 3.52. The van der Waals surface area contributed by atoms with E-state index in [2.05, 4.69) is 62.3 Å². The van der Waals surface area contributed by atoms with Crippen molar-refractivity contribution < 1.29 is 0 Å². The molecule has 106 valence electrons. The molecule has 1 fully saturated rings. The number of hydrogen-bond acceptors (Lipinski definition) is 2. The fraction of sp³-hybridized carbons (Fsp3) is 0.647. The van der Waals surface area contributed by atoms with Crippen LogP contribution in [0.4, 0.5) is 0 Å². The van der Waals surface area contributed by atoms with E-state index in [1.54, 1.807) is 0 Å². The lowest BCUT2D eigenvalue weighted by Gasteiger charge is -2.34. The van der Waals surface area contributed by atoms with Crippen LogP contribution in [-0.2, 0) is 13.1 Å². The molecule has 0 saturated heterocycles. The van der Waals surface area contributed by atoms with Crippen LogP contribution in [0.3, 0.4) is 0 Å². The van der Waals surface area contributed by atoms with E-state index in [1.165, 1.54) is 30.4 Å². The zero-order valence-electron chi connectivity index (χ0n) is 12.9. The number of benzene rings is 1. The Morgan fingerprint density at radius 2 is 1.68 bits per heavy atom. The van der Waals surface area contributed by atoms with Gasteiger partial charge in [-0.15, -0.1) is 0 Å². The highest BCUT2D eigenvalue weighted by atomic mass is 15.1. The molecule has 1 aromatic carbocycles. The number of nitrogens with zero attached hydrogens (tertiary/aromatic N) is 1. The maximum Gasteiger partial charge on any atom is 0.0233 e. The van der Waals surface area contributed by atoms with Gasteiger partial charge in [0.1, 0.15) is 0 Å². The molecule has 1 aromatic rings. The van der Waals surface area contributed by atoms with Gasteiger partial charge in [0.2, 0.25) is 0 Å². The Balaban J connectivity index is 1.83. The molecule has 0 radical (unpaired) electrons. The van der Waals surface area contributed by atoms with Crippen LogP contribution >= 0.6 is 0 Å². The maximum absolute atomic E-state index is 3.52. The predicted octanol–water partition coefficient (Wildman–Crippen LogP) is 3.56. The van der Waals surface area contributed by atoms with Crippen molar-refractivity contribution in [1.82, 2.24) is 10.2 Å². The zero-order valence-corrected chi connectivity index (χ0v) is 12.9. The van der Waals surface area contributed by atoms with Crippen molar-refractivity contribution in [2.24, 2.45) is 0 Å². The average Bonchev–Trinajstić information content (AvgIpc) is 2.24. The molecule has 0 amide bonds. The first-order valence-corrected chi connectivity index (χ1v) is 7.47. The minimum atomic E-state index is 0.184. The van der Waals surface area contributed by atoms with Crippen LogP contribution in [0.5, 0.6) is 0 Å². The summed E-state index contributed by atoms with van der Waals surface area (Å²) < 4.78 is 0. The highest BCUT2D eigenvalue weighted by Crippen LogP contribution is 2.24. The molecule has 1 aliphatic carbocycles. The van der Waals surface area contributed by atoms with Gasteiger partial charge in [-0.2, -0.15) is 0 Å². The smallest absolute Gasteiger partial charge is 0.0233 e. The first-order valence-electron chi connectivity index (χ1n) is 7.47. The van der Waals surface area contributed by atoms with Gasteiger partial charge in [0, 0.05) is 24.7 Å². The van der Waals surface area contributed by atoms with Gasteiger partial charge in [-0.3, -0.25) is 4.90 Å². The van der Waals surface area contributed by atoms with Gasteiger partial charge in [-0.25, -0.2) is 0 Å². The second-order valence-electron chi connectivity index (χ2n) is 6.92. The van der Waals surface area contributed by atoms with Crippen LogP contribution in [0.2, 0.25) is 0 Å². The second-order valence-corrected chi connectivity index (χ2v) is 6.92. The van der Waals surface area contributed by atoms with Gasteiger partial charge in [-0.1, -0.05) is 30.7 Å². The van der Waals surface area contributed by atoms with E-state index in [0.29, 0.717) is 0 Å². The van der Waals surface area contributed by atoms with E-state index in [9.17, 15) is 0 Å². The second kappa shape index (κ2) is 6.06. The fourth-order valence-electron chi connectivity index (χ4n) is 2.37. The molecule has 1 aliphatic rings. The van der Waals surface area contributed by atoms with Crippen LogP contribution in [0.15, 0.2) is 24.3 Å². The third kappa shape index (κ3) is 4.63. The molecule has 0 heterocycles. The van der Waals surface area contributed by atoms with Crippen molar-refractivity contribution in [3.05, 3.63) is 35.4 Å². The Hall–Kier alpha value is -0.860. The Bertz CT molecular complexity index is 385. The largest absolute Gasteiger partial charge is 0.308 e. The molecule has 1 N–H and O–H groups in total. The standard InChI is InChI=1S/C17H28N2/c1-17(2,3)18-12-14-8-10-15(11-9-14)13-19(4)16-6-5-7-16/h8-11,16,18H,5-7,12-13H2,1-4H3. The average molecular weight is 260 g/mol. The van der Waals surface area contributed by atoms with E-state index in [1.807, 2.05) is 0 Å². The molecular weight excluding hydrogens is 232 g/mol. The van der Waals surface area contributed by atoms with Crippen molar-refractivity contribution >= 4 is 0 Å². The normalized spacial score (nSPS) is 16.7. The van der Waals surface area contributed by atoms with Crippen LogP contribution in [-0.4, -0.2) is 23.5 Å². The fourth-order valence-corrected chi connectivity index (χ4v) is 2.37. The van der Waals surface area contributed by atoms with Crippen molar-refractivity contribution in [3.8, 4) is 0 Å². The van der Waals surface area contributed by atoms with E-state index >= 15 is 0 Å². The summed E-state index contributed by atoms with van der Waals surface area (Å²) in [6.07, 6.45) is 4.17. The molecule has 2 nitrogen and oxygen atoms in total. The minimum Gasteiger partial charge on any atom is -0.308 e. The van der Waals surface area contributed by atoms with Crippen molar-refractivity contribution in [3.63, 3.8) is 0 Å². The molecule has 19 heavy (non-hydrogen) atoms. The summed E-state index contributed by atoms with van der Waals surface area (Å²) in [6, 6.07) is 9.87. The molecular formula is C17H28N2. The van der Waals surface area contributed by atoms with E-state index < -0.39 is 0 Å². The topological polar surface area (TPSA) is 15.3 Å². The molecule has 0 bridgehead atoms. The van der Waals surface area contributed by atoms with Crippen LogP contribution < -0.4 is 5.32 Å². The summed E-state index contributed by atoms with van der Waals surface area (Å²) in [5.74, 6) is 0. The lowest BCUT2D eigenvalue weighted by molar-refractivity contribution is 0.152. The molecule has 0 unspecified atom stereocenters. The minimum absolute atomic E-state index is 0.184. The third-order valence-corrected chi connectivity index (χ3v) is 3.98. The Morgan fingerprint density at radius 3 is 2.16 bits per heavy atom. The number of nitrogens with one attached hydrogen (secondary N) is 1. The molecule has 0 aliphatic heterocycles. The monoisotopic (exact) mass is 260 g/mol. The van der Waals surface area contributed by atoms with Gasteiger partial charge in [0.05, 0.1) is 0 Å². The molecule has 0 atom stereocenters. The number of rotatable bonds is 5. The Labute approximate surface area is 118 Å². The molecule has 0 aromatic heterocycles. The Kier molecular flexibility index (Phi) is 4.64. The summed E-state index contributed by atoms with van der Waals surface area (Å²) in [4.78, 5) is 2.49. The highest BCUT2D eigenvalue weighted by molar-refractivity contribution is 5.22. The van der Waals surface area contributed by atoms with Crippen LogP contribution in [0, 0.1) is 0 Å². The van der Waals surface area contributed by atoms with E-state index in [-0.39, 0.29) is 5.54 Å². The zero-order chi connectivity index (χ0) is 13.9. The van der Waals surface area contributed by atoms with Gasteiger partial charge >= 0.3 is 0 Å². The van der Waals surface area contributed by atoms with E-state index in [0.717, 1.165) is 19.1 Å². The molecule has 0 spiro atoms.